The summed E-state index contributed by atoms with van der Waals surface area (Å²) in [6.45, 7) is 6.54. The molecule has 3 aliphatic rings. The van der Waals surface area contributed by atoms with Gasteiger partial charge in [-0.05, 0) is 92.4 Å². The van der Waals surface area contributed by atoms with Gasteiger partial charge >= 0.3 is 5.97 Å². The Morgan fingerprint density at radius 2 is 1.63 bits per heavy atom. The monoisotopic (exact) mass is 410 g/mol. The lowest BCUT2D eigenvalue weighted by Gasteiger charge is -2.45. The van der Waals surface area contributed by atoms with E-state index in [0.717, 1.165) is 35.8 Å². The predicted octanol–water partition coefficient (Wildman–Crippen LogP) is 6.82. The summed E-state index contributed by atoms with van der Waals surface area (Å²) in [5.74, 6) is 5.47. The van der Waals surface area contributed by atoms with Crippen LogP contribution in [0.5, 0.6) is 11.5 Å². The van der Waals surface area contributed by atoms with E-state index in [9.17, 15) is 4.79 Å². The Balaban J connectivity index is 1.32. The summed E-state index contributed by atoms with van der Waals surface area (Å²) in [6.07, 6.45) is 14.8. The molecule has 30 heavy (non-hydrogen) atoms. The van der Waals surface area contributed by atoms with Crippen molar-refractivity contribution in [3.8, 4) is 11.5 Å². The van der Waals surface area contributed by atoms with Gasteiger partial charge in [-0.15, -0.1) is 0 Å². The van der Waals surface area contributed by atoms with E-state index in [1.54, 1.807) is 6.08 Å². The van der Waals surface area contributed by atoms with E-state index in [-0.39, 0.29) is 11.9 Å². The fourth-order valence-electron chi connectivity index (χ4n) is 6.43. The summed E-state index contributed by atoms with van der Waals surface area (Å²) in [5.41, 5.74) is 0. The first-order valence-corrected chi connectivity index (χ1v) is 12.2. The van der Waals surface area contributed by atoms with E-state index >= 15 is 0 Å². The Kier molecular flexibility index (Phi) is 7.17. The van der Waals surface area contributed by atoms with Gasteiger partial charge in [0, 0.05) is 0 Å². The summed E-state index contributed by atoms with van der Waals surface area (Å²) in [4.78, 5) is 13.0. The zero-order chi connectivity index (χ0) is 20.9. The van der Waals surface area contributed by atoms with Crippen LogP contribution in [0, 0.1) is 35.5 Å². The molecule has 0 bridgehead atoms. The van der Waals surface area contributed by atoms with Crippen molar-refractivity contribution in [3.05, 3.63) is 36.9 Å². The van der Waals surface area contributed by atoms with Crippen LogP contribution in [-0.4, -0.2) is 12.6 Å². The highest BCUT2D eigenvalue weighted by Crippen LogP contribution is 2.50. The summed E-state index contributed by atoms with van der Waals surface area (Å²) in [7, 11) is 0. The van der Waals surface area contributed by atoms with Crippen LogP contribution < -0.4 is 9.47 Å². The SMILES string of the molecule is C=CCOc1ccc(OC(=O)C2CCCC3CC(C4CCC(C)CC4)CCC32)cc1. The van der Waals surface area contributed by atoms with Gasteiger partial charge < -0.3 is 9.47 Å². The molecule has 0 heterocycles. The summed E-state index contributed by atoms with van der Waals surface area (Å²) in [5, 5.41) is 0. The third kappa shape index (κ3) is 5.10. The molecule has 0 saturated heterocycles. The third-order valence-corrected chi connectivity index (χ3v) is 8.13. The van der Waals surface area contributed by atoms with Crippen molar-refractivity contribution in [1.82, 2.24) is 0 Å². The molecular weight excluding hydrogens is 372 g/mol. The van der Waals surface area contributed by atoms with Gasteiger partial charge in [0.2, 0.25) is 0 Å². The molecule has 1 aromatic carbocycles. The largest absolute Gasteiger partial charge is 0.490 e. The zero-order valence-electron chi connectivity index (χ0n) is 18.6. The van der Waals surface area contributed by atoms with Crippen LogP contribution in [0.4, 0.5) is 0 Å². The van der Waals surface area contributed by atoms with Crippen LogP contribution in [0.1, 0.15) is 71.1 Å². The zero-order valence-corrected chi connectivity index (χ0v) is 18.6. The van der Waals surface area contributed by atoms with Crippen molar-refractivity contribution in [1.29, 1.82) is 0 Å². The number of hydrogen-bond acceptors (Lipinski definition) is 3. The number of rotatable bonds is 6. The van der Waals surface area contributed by atoms with E-state index in [1.807, 2.05) is 24.3 Å². The summed E-state index contributed by atoms with van der Waals surface area (Å²) >= 11 is 0. The number of carbonyl (C=O) groups excluding carboxylic acids is 1. The normalized spacial score (nSPS) is 33.9. The van der Waals surface area contributed by atoms with Gasteiger partial charge in [0.25, 0.3) is 0 Å². The standard InChI is InChI=1S/C27H38O3/c1-3-17-29-23-12-14-24(15-13-23)30-27(28)26-6-4-5-22-18-21(11-16-25(22)26)20-9-7-19(2)8-10-20/h3,12-15,19-22,25-26H,1,4-11,16-18H2,2H3. The predicted molar refractivity (Wildman–Crippen MR) is 121 cm³/mol. The molecule has 1 aromatic rings. The van der Waals surface area contributed by atoms with Crippen molar-refractivity contribution in [2.24, 2.45) is 35.5 Å². The minimum absolute atomic E-state index is 0.0191. The Morgan fingerprint density at radius 1 is 0.933 bits per heavy atom. The molecule has 0 amide bonds. The molecule has 0 spiro atoms. The van der Waals surface area contributed by atoms with Crippen LogP contribution in [0.2, 0.25) is 0 Å². The molecular formula is C27H38O3. The van der Waals surface area contributed by atoms with Gasteiger partial charge in [0.1, 0.15) is 18.1 Å². The first-order chi connectivity index (χ1) is 14.6. The van der Waals surface area contributed by atoms with Gasteiger partial charge in [0.05, 0.1) is 5.92 Å². The minimum atomic E-state index is -0.0191. The van der Waals surface area contributed by atoms with E-state index in [1.165, 1.54) is 57.8 Å². The first-order valence-electron chi connectivity index (χ1n) is 12.2. The van der Waals surface area contributed by atoms with E-state index < -0.39 is 0 Å². The molecule has 164 valence electrons. The lowest BCUT2D eigenvalue weighted by molar-refractivity contribution is -0.144. The number of esters is 1. The molecule has 3 heteroatoms. The highest BCUT2D eigenvalue weighted by atomic mass is 16.5. The number of benzene rings is 1. The fraction of sp³-hybridized carbons (Fsp3) is 0.667. The quantitative estimate of drug-likeness (QED) is 0.293. The second-order valence-electron chi connectivity index (χ2n) is 10.0. The second kappa shape index (κ2) is 10.0. The molecule has 4 atom stereocenters. The minimum Gasteiger partial charge on any atom is -0.490 e. The van der Waals surface area contributed by atoms with Crippen molar-refractivity contribution < 1.29 is 14.3 Å². The van der Waals surface area contributed by atoms with Crippen LogP contribution in [-0.2, 0) is 4.79 Å². The van der Waals surface area contributed by atoms with Gasteiger partial charge in [0.15, 0.2) is 0 Å². The topological polar surface area (TPSA) is 35.5 Å². The Bertz CT molecular complexity index is 701. The highest BCUT2D eigenvalue weighted by Gasteiger charge is 2.43. The Hall–Kier alpha value is -1.77. The number of hydrogen-bond donors (Lipinski definition) is 0. The maximum Gasteiger partial charge on any atom is 0.314 e. The van der Waals surface area contributed by atoms with Crippen molar-refractivity contribution in [2.75, 3.05) is 6.61 Å². The fourth-order valence-corrected chi connectivity index (χ4v) is 6.43. The van der Waals surface area contributed by atoms with Gasteiger partial charge in [-0.25, -0.2) is 0 Å². The molecule has 3 aliphatic carbocycles. The molecule has 3 nitrogen and oxygen atoms in total. The van der Waals surface area contributed by atoms with Crippen molar-refractivity contribution in [2.45, 2.75) is 71.1 Å². The Morgan fingerprint density at radius 3 is 2.37 bits per heavy atom. The maximum atomic E-state index is 13.0. The molecule has 0 aromatic heterocycles. The smallest absolute Gasteiger partial charge is 0.314 e. The van der Waals surface area contributed by atoms with Crippen molar-refractivity contribution in [3.63, 3.8) is 0 Å². The second-order valence-corrected chi connectivity index (χ2v) is 10.0. The van der Waals surface area contributed by atoms with Crippen LogP contribution in [0.15, 0.2) is 36.9 Å². The lowest BCUT2D eigenvalue weighted by Crippen LogP contribution is -2.40. The molecule has 0 radical (unpaired) electrons. The highest BCUT2D eigenvalue weighted by molar-refractivity contribution is 5.75. The van der Waals surface area contributed by atoms with E-state index in [2.05, 4.69) is 13.5 Å². The van der Waals surface area contributed by atoms with Gasteiger partial charge in [-0.1, -0.05) is 45.3 Å². The van der Waals surface area contributed by atoms with Gasteiger partial charge in [-0.2, -0.15) is 0 Å². The van der Waals surface area contributed by atoms with Crippen LogP contribution in [0.25, 0.3) is 0 Å². The average Bonchev–Trinajstić information content (AvgIpc) is 2.78. The maximum absolute atomic E-state index is 13.0. The molecule has 4 rings (SSSR count). The van der Waals surface area contributed by atoms with Crippen LogP contribution >= 0.6 is 0 Å². The number of ether oxygens (including phenoxy) is 2. The molecule has 3 fully saturated rings. The number of fused-ring (bicyclic) bond motifs is 1. The van der Waals surface area contributed by atoms with E-state index in [0.29, 0.717) is 18.3 Å². The Labute approximate surface area is 182 Å². The lowest BCUT2D eigenvalue weighted by atomic mass is 9.59. The van der Waals surface area contributed by atoms with Crippen molar-refractivity contribution >= 4 is 5.97 Å². The molecule has 4 unspecified atom stereocenters. The molecule has 0 N–H and O–H groups in total. The summed E-state index contributed by atoms with van der Waals surface area (Å²) < 4.78 is 11.3. The van der Waals surface area contributed by atoms with Crippen LogP contribution in [0.3, 0.4) is 0 Å². The first kappa shape index (κ1) is 21.5. The third-order valence-electron chi connectivity index (χ3n) is 8.13. The number of carbonyl (C=O) groups is 1. The van der Waals surface area contributed by atoms with E-state index in [4.69, 9.17) is 9.47 Å². The average molecular weight is 411 g/mol. The van der Waals surface area contributed by atoms with Gasteiger partial charge in [-0.3, -0.25) is 4.79 Å². The molecule has 3 saturated carbocycles. The molecule has 0 aliphatic heterocycles. The summed E-state index contributed by atoms with van der Waals surface area (Å²) in [6, 6.07) is 7.37.